The number of hydrogen-bond acceptors (Lipinski definition) is 6. The first-order valence-electron chi connectivity index (χ1n) is 10.4. The fourth-order valence-corrected chi connectivity index (χ4v) is 3.67. The molecule has 1 aliphatic rings. The fraction of sp³-hybridized carbons (Fsp3) is 0.125. The van der Waals surface area contributed by atoms with Crippen molar-refractivity contribution in [2.45, 2.75) is 19.5 Å². The van der Waals surface area contributed by atoms with Gasteiger partial charge in [0.25, 0.3) is 11.8 Å². The van der Waals surface area contributed by atoms with E-state index < -0.39 is 17.6 Å². The molecule has 0 saturated heterocycles. The van der Waals surface area contributed by atoms with E-state index in [0.717, 1.165) is 11.1 Å². The van der Waals surface area contributed by atoms with Gasteiger partial charge in [-0.1, -0.05) is 24.3 Å². The maximum Gasteiger partial charge on any atom is 0.315 e. The largest absolute Gasteiger partial charge is 0.426 e. The van der Waals surface area contributed by atoms with Gasteiger partial charge < -0.3 is 15.4 Å². The Morgan fingerprint density at radius 1 is 1.03 bits per heavy atom. The Balaban J connectivity index is 1.32. The molecular weight excluding hydrogens is 441 g/mol. The number of aromatic nitrogens is 3. The first kappa shape index (κ1) is 21.3. The van der Waals surface area contributed by atoms with Gasteiger partial charge in [0, 0.05) is 36.3 Å². The Hall–Kier alpha value is -4.60. The minimum Gasteiger partial charge on any atom is -0.426 e. The highest BCUT2D eigenvalue weighted by Crippen LogP contribution is 2.26. The molecule has 1 aliphatic heterocycles. The normalized spacial score (nSPS) is 12.3. The van der Waals surface area contributed by atoms with Crippen LogP contribution in [0.4, 0.5) is 4.39 Å². The van der Waals surface area contributed by atoms with Crippen LogP contribution in [0.15, 0.2) is 60.8 Å². The second kappa shape index (κ2) is 8.74. The molecule has 0 unspecified atom stereocenters. The molecule has 0 atom stereocenters. The lowest BCUT2D eigenvalue weighted by atomic mass is 10.1. The second-order valence-electron chi connectivity index (χ2n) is 7.68. The van der Waals surface area contributed by atoms with Crippen LogP contribution in [0.25, 0.3) is 5.65 Å². The van der Waals surface area contributed by atoms with Crippen LogP contribution in [0, 0.1) is 5.82 Å². The van der Waals surface area contributed by atoms with Crippen LogP contribution in [-0.4, -0.2) is 32.4 Å². The third kappa shape index (κ3) is 4.20. The van der Waals surface area contributed by atoms with Crippen LogP contribution in [0.3, 0.4) is 0 Å². The van der Waals surface area contributed by atoms with E-state index in [1.807, 2.05) is 0 Å². The SMILES string of the molecule is O=C1Cc2cc(CNC(=O)c3cc(C(=O)NCc4ccccc4F)n4nccc4n3)ccc2O1. The quantitative estimate of drug-likeness (QED) is 0.338. The van der Waals surface area contributed by atoms with Crippen molar-refractivity contribution in [2.75, 3.05) is 0 Å². The molecule has 0 fully saturated rings. The maximum atomic E-state index is 13.9. The highest BCUT2D eigenvalue weighted by Gasteiger charge is 2.21. The zero-order valence-electron chi connectivity index (χ0n) is 17.7. The zero-order valence-corrected chi connectivity index (χ0v) is 17.7. The summed E-state index contributed by atoms with van der Waals surface area (Å²) < 4.78 is 20.3. The van der Waals surface area contributed by atoms with E-state index in [1.54, 1.807) is 42.5 Å². The molecule has 2 aromatic heterocycles. The number of fused-ring (bicyclic) bond motifs is 2. The molecule has 0 saturated carbocycles. The molecule has 2 amide bonds. The third-order valence-electron chi connectivity index (χ3n) is 5.36. The third-order valence-corrected chi connectivity index (χ3v) is 5.36. The van der Waals surface area contributed by atoms with Crippen molar-refractivity contribution in [3.63, 3.8) is 0 Å². The molecule has 5 rings (SSSR count). The Morgan fingerprint density at radius 3 is 2.71 bits per heavy atom. The number of nitrogens with one attached hydrogen (secondary N) is 2. The van der Waals surface area contributed by atoms with Gasteiger partial charge >= 0.3 is 5.97 Å². The lowest BCUT2D eigenvalue weighted by Gasteiger charge is -2.10. The van der Waals surface area contributed by atoms with Gasteiger partial charge in [-0.25, -0.2) is 13.9 Å². The first-order chi connectivity index (χ1) is 16.5. The number of halogens is 1. The van der Waals surface area contributed by atoms with Gasteiger partial charge in [0.15, 0.2) is 5.65 Å². The van der Waals surface area contributed by atoms with E-state index in [-0.39, 0.29) is 36.9 Å². The van der Waals surface area contributed by atoms with Crippen LogP contribution in [-0.2, 0) is 24.3 Å². The summed E-state index contributed by atoms with van der Waals surface area (Å²) in [5.41, 5.74) is 2.33. The monoisotopic (exact) mass is 459 g/mol. The van der Waals surface area contributed by atoms with Crippen molar-refractivity contribution in [2.24, 2.45) is 0 Å². The summed E-state index contributed by atoms with van der Waals surface area (Å²) in [5.74, 6) is -1.23. The van der Waals surface area contributed by atoms with E-state index in [2.05, 4.69) is 20.7 Å². The van der Waals surface area contributed by atoms with E-state index in [0.29, 0.717) is 17.0 Å². The highest BCUT2D eigenvalue weighted by atomic mass is 19.1. The van der Waals surface area contributed by atoms with E-state index >= 15 is 0 Å². The summed E-state index contributed by atoms with van der Waals surface area (Å²) in [4.78, 5) is 41.3. The molecule has 0 aliphatic carbocycles. The maximum absolute atomic E-state index is 13.9. The number of hydrogen-bond donors (Lipinski definition) is 2. The molecular formula is C24H18FN5O4. The number of esters is 1. The van der Waals surface area contributed by atoms with Crippen molar-refractivity contribution < 1.29 is 23.5 Å². The predicted octanol–water partition coefficient (Wildman–Crippen LogP) is 2.19. The minimum atomic E-state index is -0.531. The van der Waals surface area contributed by atoms with Gasteiger partial charge in [0.2, 0.25) is 0 Å². The van der Waals surface area contributed by atoms with Gasteiger partial charge in [-0.2, -0.15) is 5.10 Å². The summed E-state index contributed by atoms with van der Waals surface area (Å²) in [6.07, 6.45) is 1.66. The van der Waals surface area contributed by atoms with Gasteiger partial charge in [-0.3, -0.25) is 14.4 Å². The van der Waals surface area contributed by atoms with Crippen molar-refractivity contribution in [3.05, 3.63) is 94.7 Å². The zero-order chi connectivity index (χ0) is 23.7. The van der Waals surface area contributed by atoms with Crippen LogP contribution in [0.2, 0.25) is 0 Å². The molecule has 34 heavy (non-hydrogen) atoms. The molecule has 170 valence electrons. The minimum absolute atomic E-state index is 0.0251. The number of carbonyl (C=O) groups is 3. The van der Waals surface area contributed by atoms with Crippen LogP contribution in [0.5, 0.6) is 5.75 Å². The Kier molecular flexibility index (Phi) is 5.46. The first-order valence-corrected chi connectivity index (χ1v) is 10.4. The lowest BCUT2D eigenvalue weighted by Crippen LogP contribution is -2.28. The Labute approximate surface area is 192 Å². The van der Waals surface area contributed by atoms with Crippen LogP contribution < -0.4 is 15.4 Å². The van der Waals surface area contributed by atoms with E-state index in [9.17, 15) is 18.8 Å². The average Bonchev–Trinajstić information content (AvgIpc) is 3.46. The number of amides is 2. The smallest absolute Gasteiger partial charge is 0.315 e. The molecule has 0 spiro atoms. The molecule has 9 nitrogen and oxygen atoms in total. The van der Waals surface area contributed by atoms with Crippen molar-refractivity contribution >= 4 is 23.4 Å². The molecule has 3 heterocycles. The summed E-state index contributed by atoms with van der Waals surface area (Å²) in [6, 6.07) is 14.3. The number of carbonyl (C=O) groups excluding carboxylic acids is 3. The van der Waals surface area contributed by atoms with Crippen LogP contribution in [0.1, 0.15) is 37.7 Å². The lowest BCUT2D eigenvalue weighted by molar-refractivity contribution is -0.131. The van der Waals surface area contributed by atoms with Gasteiger partial charge in [0.05, 0.1) is 12.6 Å². The number of benzene rings is 2. The van der Waals surface area contributed by atoms with Crippen molar-refractivity contribution in [1.82, 2.24) is 25.2 Å². The standard InChI is InChI=1S/C24H18FN5O4/c25-17-4-2-1-3-15(17)13-27-24(33)19-11-18(29-21-7-8-28-30(19)21)23(32)26-12-14-5-6-20-16(9-14)10-22(31)34-20/h1-9,11H,10,12-13H2,(H,26,32)(H,27,33). The van der Waals surface area contributed by atoms with Crippen LogP contribution >= 0.6 is 0 Å². The molecule has 10 heteroatoms. The number of nitrogens with zero attached hydrogens (tertiary/aromatic N) is 3. The van der Waals surface area contributed by atoms with Crippen molar-refractivity contribution in [3.8, 4) is 5.75 Å². The van der Waals surface area contributed by atoms with Gasteiger partial charge in [-0.05, 0) is 23.8 Å². The Bertz CT molecular complexity index is 1450. The Morgan fingerprint density at radius 2 is 1.85 bits per heavy atom. The fourth-order valence-electron chi connectivity index (χ4n) is 3.67. The van der Waals surface area contributed by atoms with E-state index in [4.69, 9.17) is 4.74 Å². The molecule has 2 N–H and O–H groups in total. The molecule has 0 radical (unpaired) electrons. The summed E-state index contributed by atoms with van der Waals surface area (Å²) >= 11 is 0. The summed E-state index contributed by atoms with van der Waals surface area (Å²) in [5, 5.41) is 9.51. The summed E-state index contributed by atoms with van der Waals surface area (Å²) in [6.45, 7) is 0.171. The van der Waals surface area contributed by atoms with E-state index in [1.165, 1.54) is 22.8 Å². The van der Waals surface area contributed by atoms with Crippen molar-refractivity contribution in [1.29, 1.82) is 0 Å². The number of ether oxygens (including phenoxy) is 1. The second-order valence-corrected chi connectivity index (χ2v) is 7.68. The van der Waals surface area contributed by atoms with Gasteiger partial charge in [0.1, 0.15) is 23.0 Å². The molecule has 4 aromatic rings. The average molecular weight is 459 g/mol. The predicted molar refractivity (Wildman–Crippen MR) is 118 cm³/mol. The summed E-state index contributed by atoms with van der Waals surface area (Å²) in [7, 11) is 0. The van der Waals surface area contributed by atoms with Gasteiger partial charge in [-0.15, -0.1) is 0 Å². The molecule has 2 aromatic carbocycles. The molecule has 0 bridgehead atoms. The highest BCUT2D eigenvalue weighted by molar-refractivity contribution is 5.98. The topological polar surface area (TPSA) is 115 Å². The number of rotatable bonds is 6.